The number of amides is 2. The molecule has 0 unspecified atom stereocenters. The van der Waals surface area contributed by atoms with Gasteiger partial charge in [-0.3, -0.25) is 19.5 Å². The molecule has 2 aliphatic carbocycles. The number of aromatic hydroxyl groups is 1. The number of benzene rings is 2. The van der Waals surface area contributed by atoms with Gasteiger partial charge in [-0.2, -0.15) is 0 Å². The maximum absolute atomic E-state index is 14.3. The molecule has 0 radical (unpaired) electrons. The minimum atomic E-state index is -0.648. The number of hydrogen-bond acceptors (Lipinski definition) is 5. The Balaban J connectivity index is 1.29. The number of phenolic OH excluding ortho intramolecular Hbond substituents is 1. The average Bonchev–Trinajstić information content (AvgIpc) is 3.75. The number of fused-ring (bicyclic) bond motifs is 4. The Hall–Kier alpha value is -3.39. The molecule has 2 aromatic rings. The molecule has 46 heavy (non-hydrogen) atoms. The molecule has 5 N–H and O–H groups in total. The maximum atomic E-state index is 14.3. The lowest BCUT2D eigenvalue weighted by atomic mass is 9.59. The lowest BCUT2D eigenvalue weighted by Gasteiger charge is -2.55. The first-order chi connectivity index (χ1) is 22.0. The molecule has 2 amide bonds. The Bertz CT molecular complexity index is 1410. The van der Waals surface area contributed by atoms with Gasteiger partial charge in [-0.25, -0.2) is 0 Å². The molecule has 2 bridgehead atoms. The van der Waals surface area contributed by atoms with Gasteiger partial charge in [0, 0.05) is 32.1 Å². The second kappa shape index (κ2) is 14.2. The second-order valence-corrected chi connectivity index (χ2v) is 14.7. The molecule has 3 aliphatic rings. The summed E-state index contributed by atoms with van der Waals surface area (Å²) in [5.41, 5.74) is 8.94. The van der Waals surface area contributed by atoms with Gasteiger partial charge in [0.25, 0.3) is 0 Å². The molecule has 2 aromatic carbocycles. The van der Waals surface area contributed by atoms with E-state index in [-0.39, 0.29) is 29.1 Å². The van der Waals surface area contributed by atoms with Crippen molar-refractivity contribution >= 4 is 17.6 Å². The van der Waals surface area contributed by atoms with Gasteiger partial charge in [0.1, 0.15) is 11.8 Å². The highest BCUT2D eigenvalue weighted by molar-refractivity contribution is 5.95. The largest absolute Gasteiger partial charge is 0.508 e. The fraction of sp³-hybridized carbons (Fsp3) is 0.605. The lowest BCUT2D eigenvalue weighted by Crippen LogP contribution is -2.58. The first kappa shape index (κ1) is 34.0. The number of nitrogens with two attached hydrogens (primary N) is 1. The maximum Gasteiger partial charge on any atom is 0.242 e. The van der Waals surface area contributed by atoms with E-state index in [0.717, 1.165) is 50.8 Å². The van der Waals surface area contributed by atoms with Crippen LogP contribution in [0.25, 0.3) is 0 Å². The minimum absolute atomic E-state index is 0.0246. The number of aliphatic imine (C=N–C) groups is 1. The summed E-state index contributed by atoms with van der Waals surface area (Å²) in [7, 11) is 0. The predicted molar refractivity (Wildman–Crippen MR) is 185 cm³/mol. The number of nitrogens with one attached hydrogen (secondary N) is 2. The smallest absolute Gasteiger partial charge is 0.242 e. The fourth-order valence-electron chi connectivity index (χ4n) is 8.22. The molecular formula is C38H55N5O3. The first-order valence-corrected chi connectivity index (χ1v) is 17.5. The van der Waals surface area contributed by atoms with Gasteiger partial charge in [0.2, 0.25) is 11.8 Å². The van der Waals surface area contributed by atoms with Crippen molar-refractivity contribution in [2.24, 2.45) is 28.5 Å². The number of nitrogens with zero attached hydrogens (tertiary/aromatic N) is 2. The molecule has 1 aliphatic heterocycles. The summed E-state index contributed by atoms with van der Waals surface area (Å²) in [5, 5.41) is 16.5. The van der Waals surface area contributed by atoms with Crippen molar-refractivity contribution in [1.82, 2.24) is 15.5 Å². The topological polar surface area (TPSA) is 120 Å². The Morgan fingerprint density at radius 1 is 1.17 bits per heavy atom. The Kier molecular flexibility index (Phi) is 10.5. The minimum Gasteiger partial charge on any atom is -0.508 e. The van der Waals surface area contributed by atoms with Crippen LogP contribution in [-0.2, 0) is 26.8 Å². The number of carbonyl (C=O) groups excluding carboxylic acids is 2. The second-order valence-electron chi connectivity index (χ2n) is 14.7. The van der Waals surface area contributed by atoms with Crippen molar-refractivity contribution in [3.05, 3.63) is 65.2 Å². The zero-order valence-electron chi connectivity index (χ0n) is 28.5. The van der Waals surface area contributed by atoms with Crippen LogP contribution in [-0.4, -0.2) is 65.9 Å². The quantitative estimate of drug-likeness (QED) is 0.132. The van der Waals surface area contributed by atoms with Crippen molar-refractivity contribution in [3.8, 4) is 5.75 Å². The number of amidine groups is 1. The highest BCUT2D eigenvalue weighted by Gasteiger charge is 2.62. The van der Waals surface area contributed by atoms with Gasteiger partial charge < -0.3 is 21.5 Å². The summed E-state index contributed by atoms with van der Waals surface area (Å²) in [5.74, 6) is 1.67. The van der Waals surface area contributed by atoms with E-state index in [1.54, 1.807) is 0 Å². The number of hydrogen-bond donors (Lipinski definition) is 4. The van der Waals surface area contributed by atoms with Crippen molar-refractivity contribution in [2.45, 2.75) is 102 Å². The van der Waals surface area contributed by atoms with Gasteiger partial charge in [0.05, 0.1) is 11.3 Å². The van der Waals surface area contributed by atoms with Gasteiger partial charge in [0.15, 0.2) is 0 Å². The highest BCUT2D eigenvalue weighted by Crippen LogP contribution is 2.57. The first-order valence-electron chi connectivity index (χ1n) is 17.5. The molecule has 0 spiro atoms. The van der Waals surface area contributed by atoms with Crippen molar-refractivity contribution in [1.29, 1.82) is 0 Å². The van der Waals surface area contributed by atoms with Gasteiger partial charge in [-0.15, -0.1) is 0 Å². The summed E-state index contributed by atoms with van der Waals surface area (Å²) < 4.78 is 0. The molecule has 8 heteroatoms. The van der Waals surface area contributed by atoms with Crippen LogP contribution in [0.15, 0.2) is 53.5 Å². The van der Waals surface area contributed by atoms with Crippen LogP contribution in [0.5, 0.6) is 5.75 Å². The van der Waals surface area contributed by atoms with E-state index in [4.69, 9.17) is 5.73 Å². The Morgan fingerprint density at radius 2 is 1.93 bits per heavy atom. The summed E-state index contributed by atoms with van der Waals surface area (Å²) in [6.45, 7) is 13.8. The third-order valence-electron chi connectivity index (χ3n) is 11.1. The van der Waals surface area contributed by atoms with Crippen molar-refractivity contribution in [3.63, 3.8) is 0 Å². The summed E-state index contributed by atoms with van der Waals surface area (Å²) in [4.78, 5) is 34.8. The van der Waals surface area contributed by atoms with E-state index in [9.17, 15) is 14.7 Å². The molecule has 1 saturated heterocycles. The summed E-state index contributed by atoms with van der Waals surface area (Å²) in [6, 6.07) is 15.8. The Morgan fingerprint density at radius 3 is 2.65 bits per heavy atom. The van der Waals surface area contributed by atoms with Gasteiger partial charge in [-0.05, 0) is 97.1 Å². The molecule has 8 nitrogen and oxygen atoms in total. The summed E-state index contributed by atoms with van der Waals surface area (Å²) in [6.07, 6.45) is 5.78. The monoisotopic (exact) mass is 629 g/mol. The van der Waals surface area contributed by atoms with Crippen LogP contribution in [0, 0.1) is 17.8 Å². The van der Waals surface area contributed by atoms with E-state index in [2.05, 4.69) is 73.3 Å². The zero-order chi connectivity index (χ0) is 33.1. The number of piperidine rings is 1. The molecule has 250 valence electrons. The van der Waals surface area contributed by atoms with E-state index < -0.39 is 11.5 Å². The molecule has 0 aromatic heterocycles. The summed E-state index contributed by atoms with van der Waals surface area (Å²) >= 11 is 0. The number of carbonyl (C=O) groups is 2. The average molecular weight is 630 g/mol. The van der Waals surface area contributed by atoms with Crippen LogP contribution >= 0.6 is 0 Å². The van der Waals surface area contributed by atoms with Crippen LogP contribution in [0.1, 0.15) is 89.8 Å². The predicted octanol–water partition coefficient (Wildman–Crippen LogP) is 5.07. The zero-order valence-corrected chi connectivity index (χ0v) is 28.5. The fourth-order valence-corrected chi connectivity index (χ4v) is 8.22. The molecule has 1 heterocycles. The molecule has 5 rings (SSSR count). The van der Waals surface area contributed by atoms with Crippen LogP contribution in [0.4, 0.5) is 0 Å². The van der Waals surface area contributed by atoms with Gasteiger partial charge >= 0.3 is 0 Å². The normalized spacial score (nSPS) is 28.0. The third-order valence-corrected chi connectivity index (χ3v) is 11.1. The molecular weight excluding hydrogens is 574 g/mol. The van der Waals surface area contributed by atoms with E-state index in [1.165, 1.54) is 11.1 Å². The third kappa shape index (κ3) is 6.97. The molecule has 2 fully saturated rings. The van der Waals surface area contributed by atoms with Crippen LogP contribution < -0.4 is 16.4 Å². The number of phenols is 1. The Labute approximate surface area is 275 Å². The molecule has 6 atom stereocenters. The SMILES string of the molecule is CCCC(N)=NCCCNC(=O)[C@H](CC(C)C)NC(=O)[C@]1(c2ccccc2)C[C@@H]1CN1CC[C@@]2(C)c3cc(O)ccc3C[C@@H]1[C@H]2C. The van der Waals surface area contributed by atoms with Crippen LogP contribution in [0.3, 0.4) is 0 Å². The van der Waals surface area contributed by atoms with Gasteiger partial charge in [-0.1, -0.05) is 71.0 Å². The van der Waals surface area contributed by atoms with E-state index >= 15 is 0 Å². The van der Waals surface area contributed by atoms with E-state index in [0.29, 0.717) is 49.5 Å². The van der Waals surface area contributed by atoms with Crippen LogP contribution in [0.2, 0.25) is 0 Å². The standard InChI is InChI=1S/C38H55N5O3/c1-6-11-34(39)40-17-10-18-41-35(45)32(20-25(2)3)42-36(46)38(28-12-8-7-9-13-28)23-29(38)24-43-19-16-37(5)26(4)33(43)21-27-14-15-30(44)22-31(27)37/h7-9,12-15,22,25-26,29,32-33,44H,6,10-11,16-21,23-24H2,1-5H3,(H2,39,40)(H,41,45)(H,42,46)/t26-,29-,32+,33-,37-,38+/m1/s1. The number of rotatable bonds is 14. The lowest BCUT2D eigenvalue weighted by molar-refractivity contribution is -0.131. The number of likely N-dealkylation sites (tertiary alicyclic amines) is 1. The van der Waals surface area contributed by atoms with E-state index in [1.807, 2.05) is 30.3 Å². The highest BCUT2D eigenvalue weighted by atomic mass is 16.3. The van der Waals surface area contributed by atoms with Crippen molar-refractivity contribution < 1.29 is 14.7 Å². The van der Waals surface area contributed by atoms with Crippen molar-refractivity contribution in [2.75, 3.05) is 26.2 Å². The molecule has 1 saturated carbocycles.